The van der Waals surface area contributed by atoms with E-state index in [4.69, 9.17) is 0 Å². The molecule has 0 spiro atoms. The zero-order chi connectivity index (χ0) is 13.1. The van der Waals surface area contributed by atoms with E-state index in [1.54, 1.807) is 0 Å². The fourth-order valence-corrected chi connectivity index (χ4v) is 2.56. The highest BCUT2D eigenvalue weighted by molar-refractivity contribution is 5.80. The van der Waals surface area contributed by atoms with Gasteiger partial charge in [0.2, 0.25) is 5.91 Å². The molecule has 1 fully saturated rings. The van der Waals surface area contributed by atoms with Gasteiger partial charge in [-0.15, -0.1) is 0 Å². The molecule has 0 heterocycles. The molecule has 0 radical (unpaired) electrons. The summed E-state index contributed by atoms with van der Waals surface area (Å²) in [5.74, 6) is 1.36. The van der Waals surface area contributed by atoms with Gasteiger partial charge in [-0.3, -0.25) is 4.79 Å². The summed E-state index contributed by atoms with van der Waals surface area (Å²) >= 11 is 0. The summed E-state index contributed by atoms with van der Waals surface area (Å²) in [6.45, 7) is 5.21. The Morgan fingerprint density at radius 1 is 1.39 bits per heavy atom. The summed E-state index contributed by atoms with van der Waals surface area (Å²) in [4.78, 5) is 13.7. The van der Waals surface area contributed by atoms with Crippen molar-refractivity contribution < 1.29 is 4.79 Å². The molecule has 18 heavy (non-hydrogen) atoms. The zero-order valence-corrected chi connectivity index (χ0v) is 11.9. The van der Waals surface area contributed by atoms with Crippen LogP contribution >= 0.6 is 0 Å². The first-order valence-corrected chi connectivity index (χ1v) is 7.15. The van der Waals surface area contributed by atoms with E-state index >= 15 is 0 Å². The molecule has 1 atom stereocenters. The molecule has 2 nitrogen and oxygen atoms in total. The lowest BCUT2D eigenvalue weighted by Gasteiger charge is -2.22. The first-order valence-electron chi connectivity index (χ1n) is 7.15. The smallest absolute Gasteiger partial charge is 0.225 e. The molecule has 0 bridgehead atoms. The quantitative estimate of drug-likeness (QED) is 0.696. The van der Waals surface area contributed by atoms with Gasteiger partial charge >= 0.3 is 0 Å². The lowest BCUT2D eigenvalue weighted by molar-refractivity contribution is -0.130. The molecular weight excluding hydrogens is 222 g/mol. The normalized spacial score (nSPS) is 24.7. The fraction of sp³-hybridized carbons (Fsp3) is 0.688. The van der Waals surface area contributed by atoms with Crippen molar-refractivity contribution in [3.8, 4) is 0 Å². The van der Waals surface area contributed by atoms with Gasteiger partial charge in [-0.2, -0.15) is 0 Å². The molecular formula is C16H25NO. The molecule has 1 unspecified atom stereocenters. The second-order valence-corrected chi connectivity index (χ2v) is 5.96. The summed E-state index contributed by atoms with van der Waals surface area (Å²) in [5.41, 5.74) is 2.98. The summed E-state index contributed by atoms with van der Waals surface area (Å²) in [5, 5.41) is 0. The monoisotopic (exact) mass is 247 g/mol. The minimum Gasteiger partial charge on any atom is -0.342 e. The highest BCUT2D eigenvalue weighted by Gasteiger charge is 2.31. The maximum atomic E-state index is 11.8. The second kappa shape index (κ2) is 5.73. The van der Waals surface area contributed by atoms with E-state index < -0.39 is 0 Å². The Balaban J connectivity index is 1.82. The first-order chi connectivity index (χ1) is 8.58. The van der Waals surface area contributed by atoms with E-state index in [9.17, 15) is 4.79 Å². The highest BCUT2D eigenvalue weighted by atomic mass is 16.2. The Morgan fingerprint density at radius 3 is 2.67 bits per heavy atom. The van der Waals surface area contributed by atoms with Gasteiger partial charge < -0.3 is 4.90 Å². The molecule has 100 valence electrons. The van der Waals surface area contributed by atoms with Gasteiger partial charge in [-0.1, -0.05) is 23.3 Å². The zero-order valence-electron chi connectivity index (χ0n) is 11.9. The first kappa shape index (κ1) is 13.4. The van der Waals surface area contributed by atoms with Crippen LogP contribution in [0.4, 0.5) is 0 Å². The minimum atomic E-state index is 0.332. The number of carbonyl (C=O) groups is 1. The van der Waals surface area contributed by atoms with E-state index in [0.29, 0.717) is 17.7 Å². The Bertz CT molecular complexity index is 377. The van der Waals surface area contributed by atoms with Crippen LogP contribution in [0.2, 0.25) is 0 Å². The molecule has 1 saturated carbocycles. The predicted molar refractivity (Wildman–Crippen MR) is 75.2 cm³/mol. The van der Waals surface area contributed by atoms with E-state index in [1.807, 2.05) is 11.9 Å². The third-order valence-electron chi connectivity index (χ3n) is 4.27. The van der Waals surface area contributed by atoms with Crippen molar-refractivity contribution in [2.45, 2.75) is 46.0 Å². The molecule has 0 aliphatic heterocycles. The molecule has 0 aromatic rings. The van der Waals surface area contributed by atoms with Crippen LogP contribution in [0, 0.1) is 11.8 Å². The summed E-state index contributed by atoms with van der Waals surface area (Å²) in [7, 11) is 1.93. The third-order valence-corrected chi connectivity index (χ3v) is 4.27. The van der Waals surface area contributed by atoms with Crippen molar-refractivity contribution in [2.75, 3.05) is 13.6 Å². The van der Waals surface area contributed by atoms with Crippen LogP contribution in [0.25, 0.3) is 0 Å². The van der Waals surface area contributed by atoms with Crippen LogP contribution in [-0.4, -0.2) is 24.4 Å². The number of likely N-dealkylation sites (N-methyl/N-ethyl adjacent to an activating group) is 1. The van der Waals surface area contributed by atoms with Gasteiger partial charge in [0.25, 0.3) is 0 Å². The Morgan fingerprint density at radius 2 is 2.11 bits per heavy atom. The molecule has 2 heteroatoms. The van der Waals surface area contributed by atoms with E-state index in [-0.39, 0.29) is 0 Å². The van der Waals surface area contributed by atoms with Gasteiger partial charge in [-0.05, 0) is 51.9 Å². The van der Waals surface area contributed by atoms with Gasteiger partial charge in [0, 0.05) is 19.5 Å². The molecule has 2 aliphatic rings. The lowest BCUT2D eigenvalue weighted by atomic mass is 9.85. The average molecular weight is 247 g/mol. The van der Waals surface area contributed by atoms with Crippen molar-refractivity contribution in [1.82, 2.24) is 4.90 Å². The predicted octanol–water partition coefficient (Wildman–Crippen LogP) is 3.55. The molecule has 0 N–H and O–H groups in total. The molecule has 0 aromatic heterocycles. The summed E-state index contributed by atoms with van der Waals surface area (Å²) in [6.07, 6.45) is 10.5. The van der Waals surface area contributed by atoms with Crippen LogP contribution in [0.1, 0.15) is 46.0 Å². The van der Waals surface area contributed by atoms with Gasteiger partial charge in [-0.25, -0.2) is 0 Å². The van der Waals surface area contributed by atoms with Gasteiger partial charge in [0.15, 0.2) is 0 Å². The summed E-state index contributed by atoms with van der Waals surface area (Å²) in [6, 6.07) is 0. The van der Waals surface area contributed by atoms with Crippen molar-refractivity contribution in [3.05, 3.63) is 23.3 Å². The highest BCUT2D eigenvalue weighted by Crippen LogP contribution is 2.31. The SMILES string of the molecule is CC1=CCC(/C(C)=C/CN(C)C(=O)C2CC2)CC1. The van der Waals surface area contributed by atoms with Crippen LogP contribution in [-0.2, 0) is 4.79 Å². The number of nitrogens with zero attached hydrogens (tertiary/aromatic N) is 1. The maximum absolute atomic E-state index is 11.8. The molecule has 2 rings (SSSR count). The fourth-order valence-electron chi connectivity index (χ4n) is 2.56. The molecule has 1 amide bonds. The Labute approximate surface area is 111 Å². The van der Waals surface area contributed by atoms with Crippen molar-refractivity contribution in [1.29, 1.82) is 0 Å². The number of hydrogen-bond acceptors (Lipinski definition) is 1. The summed E-state index contributed by atoms with van der Waals surface area (Å²) < 4.78 is 0. The van der Waals surface area contributed by atoms with Crippen molar-refractivity contribution in [3.63, 3.8) is 0 Å². The van der Waals surface area contributed by atoms with Crippen molar-refractivity contribution in [2.24, 2.45) is 11.8 Å². The molecule has 2 aliphatic carbocycles. The third kappa shape index (κ3) is 3.47. The number of rotatable bonds is 4. The molecule has 0 aromatic carbocycles. The standard InChI is InChI=1S/C16H25NO/c1-12-4-6-14(7-5-12)13(2)10-11-17(3)16(18)15-8-9-15/h4,10,14-15H,5-9,11H2,1-3H3/b13-10+. The van der Waals surface area contributed by atoms with Crippen molar-refractivity contribution >= 4 is 5.91 Å². The van der Waals surface area contributed by atoms with E-state index in [1.165, 1.54) is 30.4 Å². The number of carbonyl (C=O) groups excluding carboxylic acids is 1. The Hall–Kier alpha value is -1.05. The average Bonchev–Trinajstić information content (AvgIpc) is 3.19. The lowest BCUT2D eigenvalue weighted by Crippen LogP contribution is -2.28. The van der Waals surface area contributed by atoms with E-state index in [0.717, 1.165) is 19.4 Å². The number of allylic oxidation sites excluding steroid dienone is 3. The largest absolute Gasteiger partial charge is 0.342 e. The topological polar surface area (TPSA) is 20.3 Å². The number of amides is 1. The van der Waals surface area contributed by atoms with E-state index in [2.05, 4.69) is 26.0 Å². The maximum Gasteiger partial charge on any atom is 0.225 e. The number of hydrogen-bond donors (Lipinski definition) is 0. The van der Waals surface area contributed by atoms with Crippen LogP contribution in [0.15, 0.2) is 23.3 Å². The molecule has 0 saturated heterocycles. The Kier molecular flexibility index (Phi) is 4.26. The van der Waals surface area contributed by atoms with Crippen LogP contribution in [0.3, 0.4) is 0 Å². The van der Waals surface area contributed by atoms with Gasteiger partial charge in [0.05, 0.1) is 0 Å². The van der Waals surface area contributed by atoms with Crippen LogP contribution in [0.5, 0.6) is 0 Å². The minimum absolute atomic E-state index is 0.332. The van der Waals surface area contributed by atoms with Gasteiger partial charge in [0.1, 0.15) is 0 Å². The second-order valence-electron chi connectivity index (χ2n) is 5.96. The van der Waals surface area contributed by atoms with Crippen LogP contribution < -0.4 is 0 Å².